The van der Waals surface area contributed by atoms with E-state index in [0.29, 0.717) is 16.0 Å². The minimum atomic E-state index is -1.04. The van der Waals surface area contributed by atoms with Crippen LogP contribution in [0, 0.1) is 5.82 Å². The van der Waals surface area contributed by atoms with Crippen molar-refractivity contribution < 1.29 is 19.1 Å². The number of benzene rings is 1. The van der Waals surface area contributed by atoms with E-state index >= 15 is 0 Å². The zero-order chi connectivity index (χ0) is 32.5. The van der Waals surface area contributed by atoms with Gasteiger partial charge in [0, 0.05) is 30.7 Å². The fourth-order valence-corrected chi connectivity index (χ4v) is 6.14. The maximum atomic E-state index is 14.6. The summed E-state index contributed by atoms with van der Waals surface area (Å²) in [6.45, 7) is 12.0. The summed E-state index contributed by atoms with van der Waals surface area (Å²) in [7, 11) is 0. The maximum Gasteiger partial charge on any atom is 0.407 e. The summed E-state index contributed by atoms with van der Waals surface area (Å²) in [4.78, 5) is 42.3. The molecule has 2 aromatic heterocycles. The highest BCUT2D eigenvalue weighted by Crippen LogP contribution is 2.35. The molecular weight excluding hydrogens is 674 g/mol. The maximum absolute atomic E-state index is 14.6. The highest BCUT2D eigenvalue weighted by Gasteiger charge is 2.35. The molecule has 44 heavy (non-hydrogen) atoms. The summed E-state index contributed by atoms with van der Waals surface area (Å²) in [5.74, 6) is -0.291. The number of piperazine rings is 1. The predicted molar refractivity (Wildman–Crippen MR) is 176 cm³/mol. The lowest BCUT2D eigenvalue weighted by atomic mass is 9.97. The highest BCUT2D eigenvalue weighted by atomic mass is 79.9. The first-order valence-corrected chi connectivity index (χ1v) is 15.7. The molecule has 3 heterocycles. The van der Waals surface area contributed by atoms with Crippen LogP contribution < -0.4 is 5.32 Å². The van der Waals surface area contributed by atoms with Crippen molar-refractivity contribution >= 4 is 62.8 Å². The number of halogens is 4. The Morgan fingerprint density at radius 2 is 1.68 bits per heavy atom. The number of carboxylic acid groups (broad SMARTS) is 1. The van der Waals surface area contributed by atoms with Crippen LogP contribution in [-0.2, 0) is 0 Å². The third kappa shape index (κ3) is 7.16. The van der Waals surface area contributed by atoms with Crippen molar-refractivity contribution in [2.24, 2.45) is 4.99 Å². The van der Waals surface area contributed by atoms with Crippen LogP contribution in [0.5, 0.6) is 0 Å². The molecule has 3 aromatic rings. The number of amidine groups is 1. The third-order valence-electron chi connectivity index (χ3n) is 7.46. The Labute approximate surface area is 274 Å². The normalized spacial score (nSPS) is 17.4. The van der Waals surface area contributed by atoms with E-state index in [0.717, 1.165) is 5.56 Å². The summed E-state index contributed by atoms with van der Waals surface area (Å²) in [6, 6.07) is 7.94. The van der Waals surface area contributed by atoms with Gasteiger partial charge in [-0.1, -0.05) is 63.0 Å². The molecule has 2 atom stereocenters. The second-order valence-corrected chi connectivity index (χ2v) is 13.0. The van der Waals surface area contributed by atoms with Crippen LogP contribution in [-0.4, -0.2) is 68.0 Å². The van der Waals surface area contributed by atoms with Crippen molar-refractivity contribution in [1.82, 2.24) is 19.8 Å². The number of urea groups is 1. The molecule has 1 aromatic carbocycles. The van der Waals surface area contributed by atoms with Crippen molar-refractivity contribution in [3.8, 4) is 11.3 Å². The van der Waals surface area contributed by atoms with E-state index in [-0.39, 0.29) is 63.8 Å². The average molecular weight is 708 g/mol. The molecule has 4 rings (SSSR count). The number of nitrogens with zero attached hydrogens (tertiary/aromatic N) is 5. The second-order valence-electron chi connectivity index (χ2n) is 11.4. The molecule has 0 aliphatic carbocycles. The Balaban J connectivity index is 1.85. The number of aliphatic imine (C=N–C) groups is 1. The van der Waals surface area contributed by atoms with Gasteiger partial charge in [0.25, 0.3) is 0 Å². The van der Waals surface area contributed by atoms with Gasteiger partial charge in [-0.05, 0) is 71.4 Å². The van der Waals surface area contributed by atoms with Crippen LogP contribution >= 0.6 is 39.1 Å². The molecule has 2 N–H and O–H groups in total. The summed E-state index contributed by atoms with van der Waals surface area (Å²) in [5.41, 5.74) is 2.71. The van der Waals surface area contributed by atoms with E-state index in [1.165, 1.54) is 17.0 Å². The van der Waals surface area contributed by atoms with Crippen molar-refractivity contribution in [2.45, 2.75) is 65.5 Å². The Morgan fingerprint density at radius 3 is 2.30 bits per heavy atom. The quantitative estimate of drug-likeness (QED) is 0.156. The number of rotatable bonds is 5. The molecule has 13 heteroatoms. The van der Waals surface area contributed by atoms with E-state index in [1.807, 2.05) is 45.6 Å². The lowest BCUT2D eigenvalue weighted by Gasteiger charge is -2.44. The second kappa shape index (κ2) is 13.8. The van der Waals surface area contributed by atoms with Crippen molar-refractivity contribution in [3.63, 3.8) is 0 Å². The summed E-state index contributed by atoms with van der Waals surface area (Å²) < 4.78 is 15.3. The molecule has 9 nitrogen and oxygen atoms in total. The summed E-state index contributed by atoms with van der Waals surface area (Å²) in [6.07, 6.45) is -1.04. The molecular formula is C31H34BrCl2FN6O3. The van der Waals surface area contributed by atoms with Crippen LogP contribution in [0.3, 0.4) is 0 Å². The number of carbonyl (C=O) groups excluding carboxylic acids is 1. The molecule has 1 aliphatic rings. The van der Waals surface area contributed by atoms with Gasteiger partial charge in [0.1, 0.15) is 21.4 Å². The van der Waals surface area contributed by atoms with Crippen molar-refractivity contribution in [3.05, 3.63) is 73.8 Å². The number of nitrogens with one attached hydrogen (secondary N) is 1. The number of hydrogen-bond acceptors (Lipinski definition) is 4. The first-order valence-electron chi connectivity index (χ1n) is 14.2. The number of anilines is 1. The third-order valence-corrected chi connectivity index (χ3v) is 8.44. The van der Waals surface area contributed by atoms with Gasteiger partial charge >= 0.3 is 12.1 Å². The topological polar surface area (TPSA) is 111 Å². The largest absolute Gasteiger partial charge is 0.465 e. The van der Waals surface area contributed by atoms with Crippen LogP contribution in [0.4, 0.5) is 19.7 Å². The van der Waals surface area contributed by atoms with Gasteiger partial charge < -0.3 is 20.2 Å². The van der Waals surface area contributed by atoms with E-state index in [9.17, 15) is 19.1 Å². The van der Waals surface area contributed by atoms with E-state index in [4.69, 9.17) is 23.2 Å². The fourth-order valence-electron chi connectivity index (χ4n) is 5.22. The van der Waals surface area contributed by atoms with Crippen LogP contribution in [0.2, 0.25) is 10.2 Å². The smallest absolute Gasteiger partial charge is 0.407 e. The first kappa shape index (κ1) is 33.6. The van der Waals surface area contributed by atoms with Gasteiger partial charge in [0.05, 0.1) is 27.7 Å². The number of carbonyl (C=O) groups is 2. The SMILES string of the molecule is CC(C)c1cc(Br)nc(C(C)C)c1NC(=O)N=C(c1cc(Cl)c(-c2ccccc2F)nc1Cl)N1C[C@@H](C)N(C(=O)O)C[C@@H]1C. The molecule has 0 bridgehead atoms. The van der Waals surface area contributed by atoms with Crippen LogP contribution in [0.25, 0.3) is 11.3 Å². The van der Waals surface area contributed by atoms with Gasteiger partial charge in [-0.25, -0.2) is 23.9 Å². The van der Waals surface area contributed by atoms with E-state index in [2.05, 4.69) is 36.2 Å². The molecule has 1 fully saturated rings. The first-order chi connectivity index (χ1) is 20.7. The number of hydrogen-bond donors (Lipinski definition) is 2. The van der Waals surface area contributed by atoms with E-state index < -0.39 is 24.0 Å². The molecule has 1 aliphatic heterocycles. The molecule has 0 radical (unpaired) electrons. The minimum absolute atomic E-state index is 0.00269. The van der Waals surface area contributed by atoms with Gasteiger partial charge in [0.2, 0.25) is 0 Å². The van der Waals surface area contributed by atoms with Gasteiger partial charge in [-0.2, -0.15) is 4.99 Å². The molecule has 234 valence electrons. The highest BCUT2D eigenvalue weighted by molar-refractivity contribution is 9.10. The van der Waals surface area contributed by atoms with Crippen molar-refractivity contribution in [2.75, 3.05) is 18.4 Å². The lowest BCUT2D eigenvalue weighted by Crippen LogP contribution is -2.59. The molecule has 1 saturated heterocycles. The van der Waals surface area contributed by atoms with Crippen molar-refractivity contribution in [1.29, 1.82) is 0 Å². The zero-order valence-corrected chi connectivity index (χ0v) is 28.3. The minimum Gasteiger partial charge on any atom is -0.465 e. The molecule has 0 spiro atoms. The molecule has 3 amide bonds. The van der Waals surface area contributed by atoms with Gasteiger partial charge in [-0.15, -0.1) is 0 Å². The standard InChI is InChI=1S/C31H34BrCl2FN6O3/c1-15(2)20-12-24(32)36-25(16(3)4)27(20)38-30(42)39-29(40-13-18(6)41(31(43)44)14-17(40)5)21-11-22(33)26(37-28(21)34)19-9-7-8-10-23(19)35/h7-12,15-18H,13-14H2,1-6H3,(H,38,42)(H,43,44)/t17-,18+/m0/s1. The van der Waals surface area contributed by atoms with Crippen LogP contribution in [0.15, 0.2) is 46.0 Å². The zero-order valence-electron chi connectivity index (χ0n) is 25.2. The predicted octanol–water partition coefficient (Wildman–Crippen LogP) is 8.65. The summed E-state index contributed by atoms with van der Waals surface area (Å²) >= 11 is 16.9. The number of aromatic nitrogens is 2. The monoisotopic (exact) mass is 706 g/mol. The Hall–Kier alpha value is -3.28. The summed E-state index contributed by atoms with van der Waals surface area (Å²) in [5, 5.41) is 12.7. The number of pyridine rings is 2. The van der Waals surface area contributed by atoms with Crippen LogP contribution in [0.1, 0.15) is 70.2 Å². The average Bonchev–Trinajstić information content (AvgIpc) is 2.94. The van der Waals surface area contributed by atoms with Gasteiger partial charge in [0.15, 0.2) is 0 Å². The number of amides is 3. The molecule has 0 saturated carbocycles. The van der Waals surface area contributed by atoms with E-state index in [1.54, 1.807) is 25.1 Å². The van der Waals surface area contributed by atoms with Gasteiger partial charge in [-0.3, -0.25) is 0 Å². The Bertz CT molecular complexity index is 1590. The Morgan fingerprint density at radius 1 is 1.05 bits per heavy atom. The Kier molecular flexibility index (Phi) is 10.5. The molecule has 0 unspecified atom stereocenters. The lowest BCUT2D eigenvalue weighted by molar-refractivity contribution is 0.0750. The fraction of sp³-hybridized carbons (Fsp3) is 0.387.